The van der Waals surface area contributed by atoms with Crippen molar-refractivity contribution in [3.05, 3.63) is 29.3 Å². The van der Waals surface area contributed by atoms with Crippen molar-refractivity contribution in [1.82, 2.24) is 0 Å². The Labute approximate surface area is 118 Å². The van der Waals surface area contributed by atoms with Crippen LogP contribution >= 0.6 is 0 Å². The first-order valence-corrected chi connectivity index (χ1v) is 6.78. The Morgan fingerprint density at radius 3 is 3.05 bits per heavy atom. The van der Waals surface area contributed by atoms with E-state index in [0.29, 0.717) is 12.3 Å². The third kappa shape index (κ3) is 3.29. The fraction of sp³-hybridized carbons (Fsp3) is 0.467. The molecule has 0 radical (unpaired) electrons. The molecule has 0 saturated carbocycles. The molecular formula is C15H19NO4. The average molecular weight is 277 g/mol. The van der Waals surface area contributed by atoms with Crippen LogP contribution in [-0.2, 0) is 16.0 Å². The number of carbonyl (C=O) groups excluding carboxylic acids is 1. The molecule has 0 spiro atoms. The maximum atomic E-state index is 11.5. The number of hydrogen-bond donors (Lipinski definition) is 1. The molecule has 20 heavy (non-hydrogen) atoms. The predicted octanol–water partition coefficient (Wildman–Crippen LogP) is 2.53. The second kappa shape index (κ2) is 6.41. The Bertz CT molecular complexity index is 525. The van der Waals surface area contributed by atoms with E-state index in [4.69, 9.17) is 14.7 Å². The number of aryl methyl sites for hydroxylation is 1. The zero-order valence-corrected chi connectivity index (χ0v) is 11.8. The SMILES string of the molecule is CCOC(=O)C[C@@H]1CCc2cc(/C(C)=N\O)ccc2O1. The van der Waals surface area contributed by atoms with Gasteiger partial charge in [-0.25, -0.2) is 0 Å². The molecule has 5 nitrogen and oxygen atoms in total. The molecule has 0 unspecified atom stereocenters. The molecule has 1 aromatic carbocycles. The third-order valence-electron chi connectivity index (χ3n) is 3.36. The fourth-order valence-electron chi connectivity index (χ4n) is 2.28. The van der Waals surface area contributed by atoms with Crippen LogP contribution in [0.1, 0.15) is 37.8 Å². The van der Waals surface area contributed by atoms with Crippen molar-refractivity contribution in [1.29, 1.82) is 0 Å². The zero-order chi connectivity index (χ0) is 14.5. The average Bonchev–Trinajstić information content (AvgIpc) is 2.46. The summed E-state index contributed by atoms with van der Waals surface area (Å²) in [7, 11) is 0. The summed E-state index contributed by atoms with van der Waals surface area (Å²) in [4.78, 5) is 11.5. The van der Waals surface area contributed by atoms with Crippen LogP contribution in [0.25, 0.3) is 0 Å². The molecule has 1 atom stereocenters. The number of fused-ring (bicyclic) bond motifs is 1. The maximum Gasteiger partial charge on any atom is 0.309 e. The molecule has 0 saturated heterocycles. The molecule has 0 fully saturated rings. The number of rotatable bonds is 4. The summed E-state index contributed by atoms with van der Waals surface area (Å²) in [5.74, 6) is 0.570. The normalized spacial score (nSPS) is 18.1. The van der Waals surface area contributed by atoms with E-state index in [-0.39, 0.29) is 18.5 Å². The van der Waals surface area contributed by atoms with Crippen molar-refractivity contribution in [2.45, 2.75) is 39.2 Å². The van der Waals surface area contributed by atoms with E-state index >= 15 is 0 Å². The Balaban J connectivity index is 2.06. The molecule has 1 aliphatic heterocycles. The largest absolute Gasteiger partial charge is 0.490 e. The Hall–Kier alpha value is -2.04. The number of benzene rings is 1. The van der Waals surface area contributed by atoms with Crippen molar-refractivity contribution in [2.75, 3.05) is 6.61 Å². The standard InChI is InChI=1S/C15H19NO4/c1-3-19-15(17)9-13-6-4-12-8-11(10(2)16-18)5-7-14(12)20-13/h5,7-8,13,18H,3-4,6,9H2,1-2H3/b16-10-/t13-/m0/s1. The number of nitrogens with zero attached hydrogens (tertiary/aromatic N) is 1. The van der Waals surface area contributed by atoms with Gasteiger partial charge >= 0.3 is 5.97 Å². The number of esters is 1. The Morgan fingerprint density at radius 2 is 2.35 bits per heavy atom. The van der Waals surface area contributed by atoms with E-state index in [1.54, 1.807) is 13.8 Å². The molecule has 1 N–H and O–H groups in total. The summed E-state index contributed by atoms with van der Waals surface area (Å²) in [6.45, 7) is 3.93. The number of ether oxygens (including phenoxy) is 2. The van der Waals surface area contributed by atoms with Gasteiger partial charge in [-0.15, -0.1) is 0 Å². The van der Waals surface area contributed by atoms with Gasteiger partial charge < -0.3 is 14.7 Å². The van der Waals surface area contributed by atoms with Gasteiger partial charge in [0.1, 0.15) is 11.9 Å². The van der Waals surface area contributed by atoms with Gasteiger partial charge in [0, 0.05) is 0 Å². The van der Waals surface area contributed by atoms with Crippen LogP contribution in [-0.4, -0.2) is 29.6 Å². The van der Waals surface area contributed by atoms with E-state index in [2.05, 4.69) is 5.16 Å². The first-order valence-electron chi connectivity index (χ1n) is 6.78. The molecule has 0 aromatic heterocycles. The van der Waals surface area contributed by atoms with Crippen LogP contribution in [0.5, 0.6) is 5.75 Å². The third-order valence-corrected chi connectivity index (χ3v) is 3.36. The highest BCUT2D eigenvalue weighted by Gasteiger charge is 2.23. The van der Waals surface area contributed by atoms with E-state index in [0.717, 1.165) is 29.7 Å². The Kier molecular flexibility index (Phi) is 4.61. The minimum Gasteiger partial charge on any atom is -0.490 e. The molecular weight excluding hydrogens is 258 g/mol. The first-order chi connectivity index (χ1) is 9.63. The summed E-state index contributed by atoms with van der Waals surface area (Å²) in [5.41, 5.74) is 2.52. The highest BCUT2D eigenvalue weighted by Crippen LogP contribution is 2.29. The van der Waals surface area contributed by atoms with Gasteiger partial charge in [0.05, 0.1) is 18.7 Å². The summed E-state index contributed by atoms with van der Waals surface area (Å²) >= 11 is 0. The molecule has 1 aliphatic rings. The van der Waals surface area contributed by atoms with E-state index < -0.39 is 0 Å². The summed E-state index contributed by atoms with van der Waals surface area (Å²) < 4.78 is 10.7. The van der Waals surface area contributed by atoms with Crippen molar-refractivity contribution in [3.63, 3.8) is 0 Å². The van der Waals surface area contributed by atoms with Crippen LogP contribution in [0, 0.1) is 0 Å². The number of oxime groups is 1. The summed E-state index contributed by atoms with van der Waals surface area (Å²) in [6.07, 6.45) is 1.78. The lowest BCUT2D eigenvalue weighted by atomic mass is 9.97. The Morgan fingerprint density at radius 1 is 1.55 bits per heavy atom. The smallest absolute Gasteiger partial charge is 0.309 e. The lowest BCUT2D eigenvalue weighted by Crippen LogP contribution is -2.26. The van der Waals surface area contributed by atoms with Crippen molar-refractivity contribution in [2.24, 2.45) is 5.16 Å². The molecule has 1 heterocycles. The number of hydrogen-bond acceptors (Lipinski definition) is 5. The maximum absolute atomic E-state index is 11.5. The highest BCUT2D eigenvalue weighted by atomic mass is 16.5. The monoisotopic (exact) mass is 277 g/mol. The molecule has 1 aromatic rings. The van der Waals surface area contributed by atoms with Gasteiger partial charge in [-0.2, -0.15) is 0 Å². The summed E-state index contributed by atoms with van der Waals surface area (Å²) in [6, 6.07) is 5.67. The van der Waals surface area contributed by atoms with Crippen LogP contribution in [0.2, 0.25) is 0 Å². The van der Waals surface area contributed by atoms with Gasteiger partial charge in [0.2, 0.25) is 0 Å². The molecule has 2 rings (SSSR count). The minimum atomic E-state index is -0.221. The lowest BCUT2D eigenvalue weighted by molar-refractivity contribution is -0.145. The van der Waals surface area contributed by atoms with Crippen molar-refractivity contribution >= 4 is 11.7 Å². The molecule has 0 bridgehead atoms. The summed E-state index contributed by atoms with van der Waals surface area (Å²) in [5, 5.41) is 12.0. The van der Waals surface area contributed by atoms with E-state index in [9.17, 15) is 4.79 Å². The van der Waals surface area contributed by atoms with Crippen LogP contribution in [0.15, 0.2) is 23.4 Å². The van der Waals surface area contributed by atoms with Gasteiger partial charge in [0.15, 0.2) is 0 Å². The molecule has 0 amide bonds. The minimum absolute atomic E-state index is 0.125. The molecule has 5 heteroatoms. The van der Waals surface area contributed by atoms with E-state index in [1.807, 2.05) is 18.2 Å². The van der Waals surface area contributed by atoms with Crippen LogP contribution in [0.3, 0.4) is 0 Å². The van der Waals surface area contributed by atoms with Crippen molar-refractivity contribution in [3.8, 4) is 5.75 Å². The number of carbonyl (C=O) groups is 1. The molecule has 108 valence electrons. The van der Waals surface area contributed by atoms with Crippen molar-refractivity contribution < 1.29 is 19.5 Å². The molecule has 0 aliphatic carbocycles. The lowest BCUT2D eigenvalue weighted by Gasteiger charge is -2.25. The van der Waals surface area contributed by atoms with Gasteiger partial charge in [-0.3, -0.25) is 4.79 Å². The second-order valence-corrected chi connectivity index (χ2v) is 4.80. The quantitative estimate of drug-likeness (QED) is 0.397. The van der Waals surface area contributed by atoms with E-state index in [1.165, 1.54) is 0 Å². The van der Waals surface area contributed by atoms with Crippen LogP contribution < -0.4 is 4.74 Å². The van der Waals surface area contributed by atoms with Gasteiger partial charge in [-0.1, -0.05) is 5.16 Å². The predicted molar refractivity (Wildman–Crippen MR) is 74.4 cm³/mol. The highest BCUT2D eigenvalue weighted by molar-refractivity contribution is 5.98. The first kappa shape index (κ1) is 14.4. The van der Waals surface area contributed by atoms with Gasteiger partial charge in [-0.05, 0) is 56.0 Å². The van der Waals surface area contributed by atoms with Gasteiger partial charge in [0.25, 0.3) is 0 Å². The zero-order valence-electron chi connectivity index (χ0n) is 11.8. The second-order valence-electron chi connectivity index (χ2n) is 4.80. The topological polar surface area (TPSA) is 68.1 Å². The fourth-order valence-corrected chi connectivity index (χ4v) is 2.28. The van der Waals surface area contributed by atoms with Crippen LogP contribution in [0.4, 0.5) is 0 Å².